The minimum Gasteiger partial charge on any atom is -0.507 e. The number of phenols is 1. The summed E-state index contributed by atoms with van der Waals surface area (Å²) >= 11 is 0. The Kier molecular flexibility index (Phi) is 5.49. The number of benzene rings is 4. The van der Waals surface area contributed by atoms with Crippen LogP contribution in [-0.4, -0.2) is 22.0 Å². The average Bonchev–Trinajstić information content (AvgIpc) is 2.80. The molecule has 0 saturated carbocycles. The molecule has 0 aliphatic heterocycles. The summed E-state index contributed by atoms with van der Waals surface area (Å²) in [7, 11) is 0. The van der Waals surface area contributed by atoms with E-state index in [-0.39, 0.29) is 22.4 Å². The first-order valence-corrected chi connectivity index (χ1v) is 9.66. The molecule has 0 saturated heterocycles. The van der Waals surface area contributed by atoms with Crippen molar-refractivity contribution in [2.24, 2.45) is 0 Å². The molecule has 0 bridgehead atoms. The van der Waals surface area contributed by atoms with E-state index in [9.17, 15) is 19.8 Å². The number of carbonyl (C=O) groups is 2. The van der Waals surface area contributed by atoms with Crippen LogP contribution in [0.2, 0.25) is 0 Å². The lowest BCUT2D eigenvalue weighted by Crippen LogP contribution is -2.14. The van der Waals surface area contributed by atoms with Crippen molar-refractivity contribution in [2.45, 2.75) is 0 Å². The topological polar surface area (TPSA) is 77.8 Å². The molecule has 4 aromatic rings. The molecule has 2 N–H and O–H groups in total. The summed E-state index contributed by atoms with van der Waals surface area (Å²) in [6.45, 7) is 0. The fourth-order valence-electron chi connectivity index (χ4n) is 3.46. The maximum atomic E-state index is 13.0. The number of ketones is 1. The third kappa shape index (κ3) is 4.02. The predicted octanol–water partition coefficient (Wildman–Crippen LogP) is 5.79. The molecule has 152 valence electrons. The number of hydrogen-bond acceptors (Lipinski definition) is 4. The maximum Gasteiger partial charge on any atom is 0.336 e. The van der Waals surface area contributed by atoms with Gasteiger partial charge in [-0.15, -0.1) is 0 Å². The van der Waals surface area contributed by atoms with E-state index >= 15 is 0 Å². The number of rotatable bonds is 6. The van der Waals surface area contributed by atoms with Crippen molar-refractivity contribution in [1.29, 1.82) is 0 Å². The van der Waals surface area contributed by atoms with E-state index in [0.717, 1.165) is 11.4 Å². The van der Waals surface area contributed by atoms with Crippen molar-refractivity contribution in [3.8, 4) is 5.75 Å². The Balaban J connectivity index is 1.85. The van der Waals surface area contributed by atoms with E-state index in [1.54, 1.807) is 18.2 Å². The highest BCUT2D eigenvalue weighted by molar-refractivity contribution is 6.15. The van der Waals surface area contributed by atoms with Gasteiger partial charge in [-0.05, 0) is 54.6 Å². The number of hydrogen-bond donors (Lipinski definition) is 2. The van der Waals surface area contributed by atoms with E-state index < -0.39 is 11.8 Å². The molecule has 0 radical (unpaired) electrons. The molecular formula is C26H19NO4. The SMILES string of the molecule is O=C(O)c1cc(N(c2ccccc2)c2ccccc2)ccc1C(=O)c1ccccc1O. The zero-order chi connectivity index (χ0) is 21.8. The van der Waals surface area contributed by atoms with Crippen molar-refractivity contribution in [2.75, 3.05) is 4.90 Å². The monoisotopic (exact) mass is 409 g/mol. The number of nitrogens with zero attached hydrogens (tertiary/aromatic N) is 1. The molecule has 0 aliphatic carbocycles. The van der Waals surface area contributed by atoms with Gasteiger partial charge in [-0.1, -0.05) is 48.5 Å². The molecule has 0 unspecified atom stereocenters. The lowest BCUT2D eigenvalue weighted by Gasteiger charge is -2.26. The van der Waals surface area contributed by atoms with Crippen LogP contribution >= 0.6 is 0 Å². The van der Waals surface area contributed by atoms with Gasteiger partial charge in [0.1, 0.15) is 5.75 Å². The number of para-hydroxylation sites is 3. The molecule has 0 heterocycles. The minimum atomic E-state index is -1.22. The van der Waals surface area contributed by atoms with Crippen LogP contribution in [0, 0.1) is 0 Å². The molecule has 0 atom stereocenters. The Bertz CT molecular complexity index is 1200. The highest BCUT2D eigenvalue weighted by Crippen LogP contribution is 2.35. The molecule has 4 rings (SSSR count). The smallest absolute Gasteiger partial charge is 0.336 e. The fraction of sp³-hybridized carbons (Fsp3) is 0. The van der Waals surface area contributed by atoms with Gasteiger partial charge in [-0.25, -0.2) is 4.79 Å². The van der Waals surface area contributed by atoms with Crippen molar-refractivity contribution in [1.82, 2.24) is 0 Å². The molecule has 0 amide bonds. The summed E-state index contributed by atoms with van der Waals surface area (Å²) < 4.78 is 0. The summed E-state index contributed by atoms with van der Waals surface area (Å²) in [5, 5.41) is 19.9. The van der Waals surface area contributed by atoms with Crippen molar-refractivity contribution >= 4 is 28.8 Å². The third-order valence-electron chi connectivity index (χ3n) is 4.91. The Morgan fingerprint density at radius 1 is 0.581 bits per heavy atom. The van der Waals surface area contributed by atoms with Gasteiger partial charge >= 0.3 is 5.97 Å². The van der Waals surface area contributed by atoms with E-state index in [0.29, 0.717) is 5.69 Å². The van der Waals surface area contributed by atoms with Gasteiger partial charge in [0.25, 0.3) is 0 Å². The number of phenolic OH excluding ortho intramolecular Hbond substituents is 1. The van der Waals surface area contributed by atoms with Crippen LogP contribution in [0.25, 0.3) is 0 Å². The van der Waals surface area contributed by atoms with Crippen molar-refractivity contribution in [3.05, 3.63) is 120 Å². The summed E-state index contributed by atoms with van der Waals surface area (Å²) in [6, 6.07) is 29.9. The highest BCUT2D eigenvalue weighted by atomic mass is 16.4. The van der Waals surface area contributed by atoms with Gasteiger partial charge in [0.2, 0.25) is 0 Å². The van der Waals surface area contributed by atoms with Gasteiger partial charge in [-0.3, -0.25) is 4.79 Å². The standard InChI is InChI=1S/C26H19NO4/c28-24-14-8-7-13-22(24)25(29)21-16-15-20(17-23(21)26(30)31)27(18-9-3-1-4-10-18)19-11-5-2-6-12-19/h1-17,28H,(H,30,31). The lowest BCUT2D eigenvalue weighted by atomic mass is 9.96. The first-order chi connectivity index (χ1) is 15.1. The molecule has 31 heavy (non-hydrogen) atoms. The van der Waals surface area contributed by atoms with Crippen LogP contribution in [0.4, 0.5) is 17.1 Å². The summed E-state index contributed by atoms with van der Waals surface area (Å²) in [5.74, 6) is -1.96. The Hall–Kier alpha value is -4.38. The molecule has 0 fully saturated rings. The zero-order valence-corrected chi connectivity index (χ0v) is 16.5. The quantitative estimate of drug-likeness (QED) is 0.394. The van der Waals surface area contributed by atoms with Crippen LogP contribution < -0.4 is 4.90 Å². The molecule has 4 aromatic carbocycles. The Morgan fingerprint density at radius 2 is 1.13 bits per heavy atom. The first-order valence-electron chi connectivity index (χ1n) is 9.66. The number of carboxylic acids is 1. The van der Waals surface area contributed by atoms with E-state index in [4.69, 9.17) is 0 Å². The summed E-state index contributed by atoms with van der Waals surface area (Å²) in [4.78, 5) is 27.0. The van der Waals surface area contributed by atoms with Gasteiger partial charge in [0.15, 0.2) is 5.78 Å². The van der Waals surface area contributed by atoms with Gasteiger partial charge in [-0.2, -0.15) is 0 Å². The van der Waals surface area contributed by atoms with E-state index in [1.807, 2.05) is 65.6 Å². The largest absolute Gasteiger partial charge is 0.507 e. The summed E-state index contributed by atoms with van der Waals surface area (Å²) in [6.07, 6.45) is 0. The lowest BCUT2D eigenvalue weighted by molar-refractivity contribution is 0.0692. The van der Waals surface area contributed by atoms with Crippen LogP contribution in [-0.2, 0) is 0 Å². The van der Waals surface area contributed by atoms with Gasteiger partial charge in [0.05, 0.1) is 11.1 Å². The van der Waals surface area contributed by atoms with Crippen LogP contribution in [0.5, 0.6) is 5.75 Å². The van der Waals surface area contributed by atoms with Gasteiger partial charge < -0.3 is 15.1 Å². The zero-order valence-electron chi connectivity index (χ0n) is 16.5. The van der Waals surface area contributed by atoms with E-state index in [2.05, 4.69) is 0 Å². The van der Waals surface area contributed by atoms with Gasteiger partial charge in [0, 0.05) is 22.6 Å². The van der Waals surface area contributed by atoms with Crippen LogP contribution in [0.1, 0.15) is 26.3 Å². The minimum absolute atomic E-state index is 0.0128. The van der Waals surface area contributed by atoms with Crippen molar-refractivity contribution < 1.29 is 19.8 Å². The number of carbonyl (C=O) groups excluding carboxylic acids is 1. The number of carboxylic acid groups (broad SMARTS) is 1. The molecule has 5 nitrogen and oxygen atoms in total. The normalized spacial score (nSPS) is 10.5. The fourth-order valence-corrected chi connectivity index (χ4v) is 3.46. The molecule has 0 aromatic heterocycles. The molecule has 5 heteroatoms. The molecule has 0 spiro atoms. The van der Waals surface area contributed by atoms with E-state index in [1.165, 1.54) is 24.3 Å². The maximum absolute atomic E-state index is 13.0. The Morgan fingerprint density at radius 3 is 1.68 bits per heavy atom. The van der Waals surface area contributed by atoms with Crippen LogP contribution in [0.15, 0.2) is 103 Å². The number of aromatic carboxylic acids is 1. The second-order valence-corrected chi connectivity index (χ2v) is 6.89. The highest BCUT2D eigenvalue weighted by Gasteiger charge is 2.22. The predicted molar refractivity (Wildman–Crippen MR) is 120 cm³/mol. The van der Waals surface area contributed by atoms with Crippen LogP contribution in [0.3, 0.4) is 0 Å². The number of anilines is 3. The average molecular weight is 409 g/mol. The number of aromatic hydroxyl groups is 1. The third-order valence-corrected chi connectivity index (χ3v) is 4.91. The Labute approximate surface area is 179 Å². The molecule has 0 aliphatic rings. The second-order valence-electron chi connectivity index (χ2n) is 6.89. The first kappa shape index (κ1) is 19.9. The molecular weight excluding hydrogens is 390 g/mol. The summed E-state index contributed by atoms with van der Waals surface area (Å²) in [5.41, 5.74) is 2.24. The second kappa shape index (κ2) is 8.55. The van der Waals surface area contributed by atoms with Crippen molar-refractivity contribution in [3.63, 3.8) is 0 Å².